The third-order valence-electron chi connectivity index (χ3n) is 4.29. The predicted molar refractivity (Wildman–Crippen MR) is 82.0 cm³/mol. The summed E-state index contributed by atoms with van der Waals surface area (Å²) in [5, 5.41) is 0. The molecule has 2 aliphatic rings. The van der Waals surface area contributed by atoms with Gasteiger partial charge in [0.25, 0.3) is 11.5 Å². The fourth-order valence-corrected chi connectivity index (χ4v) is 2.84. The molecule has 1 aliphatic heterocycles. The third-order valence-corrected chi connectivity index (χ3v) is 4.29. The lowest BCUT2D eigenvalue weighted by atomic mass is 10.1. The number of hydrogen-bond donors (Lipinski definition) is 1. The molecule has 22 heavy (non-hydrogen) atoms. The van der Waals surface area contributed by atoms with E-state index in [9.17, 15) is 9.59 Å². The van der Waals surface area contributed by atoms with Gasteiger partial charge in [-0.3, -0.25) is 9.59 Å². The van der Waals surface area contributed by atoms with Crippen LogP contribution in [0.15, 0.2) is 11.0 Å². The van der Waals surface area contributed by atoms with E-state index in [4.69, 9.17) is 4.74 Å². The van der Waals surface area contributed by atoms with Crippen LogP contribution in [0.25, 0.3) is 0 Å². The third kappa shape index (κ3) is 3.38. The Morgan fingerprint density at radius 1 is 1.45 bits per heavy atom. The number of nitrogens with one attached hydrogen (secondary N) is 1. The number of aromatic nitrogens is 2. The van der Waals surface area contributed by atoms with Gasteiger partial charge in [-0.1, -0.05) is 6.92 Å². The molecule has 1 saturated carbocycles. The van der Waals surface area contributed by atoms with Gasteiger partial charge in [-0.05, 0) is 25.7 Å². The lowest BCUT2D eigenvalue weighted by molar-refractivity contribution is 0.0752. The van der Waals surface area contributed by atoms with E-state index in [0.29, 0.717) is 37.4 Å². The first-order valence-corrected chi connectivity index (χ1v) is 8.15. The zero-order valence-electron chi connectivity index (χ0n) is 13.0. The molecule has 2 fully saturated rings. The SMILES string of the molecule is CCCOC[C@H]1CCN(C(=O)c2cnc(C3CC3)[nH]c2=O)C1. The van der Waals surface area contributed by atoms with Crippen LogP contribution in [0.2, 0.25) is 0 Å². The van der Waals surface area contributed by atoms with E-state index in [1.165, 1.54) is 6.20 Å². The number of ether oxygens (including phenoxy) is 1. The molecule has 0 spiro atoms. The van der Waals surface area contributed by atoms with E-state index in [-0.39, 0.29) is 17.0 Å². The Balaban J connectivity index is 1.61. The first-order valence-electron chi connectivity index (χ1n) is 8.15. The van der Waals surface area contributed by atoms with Crippen molar-refractivity contribution in [2.75, 3.05) is 26.3 Å². The zero-order chi connectivity index (χ0) is 15.5. The highest BCUT2D eigenvalue weighted by atomic mass is 16.5. The second-order valence-corrected chi connectivity index (χ2v) is 6.27. The number of H-pyrrole nitrogens is 1. The van der Waals surface area contributed by atoms with Gasteiger partial charge in [-0.15, -0.1) is 0 Å². The zero-order valence-corrected chi connectivity index (χ0v) is 13.0. The molecule has 1 atom stereocenters. The summed E-state index contributed by atoms with van der Waals surface area (Å²) in [7, 11) is 0. The molecule has 1 saturated heterocycles. The van der Waals surface area contributed by atoms with Gasteiger partial charge in [-0.25, -0.2) is 4.98 Å². The average molecular weight is 305 g/mol. The van der Waals surface area contributed by atoms with Gasteiger partial charge in [0.2, 0.25) is 0 Å². The van der Waals surface area contributed by atoms with Gasteiger partial charge >= 0.3 is 0 Å². The van der Waals surface area contributed by atoms with Crippen molar-refractivity contribution >= 4 is 5.91 Å². The van der Waals surface area contributed by atoms with Crippen LogP contribution >= 0.6 is 0 Å². The van der Waals surface area contributed by atoms with Gasteiger partial charge in [0, 0.05) is 37.7 Å². The molecule has 120 valence electrons. The second-order valence-electron chi connectivity index (χ2n) is 6.27. The summed E-state index contributed by atoms with van der Waals surface area (Å²) in [6.45, 7) is 4.87. The molecule has 3 rings (SSSR count). The lowest BCUT2D eigenvalue weighted by Crippen LogP contribution is -2.34. The number of hydrogen-bond acceptors (Lipinski definition) is 4. The standard InChI is InChI=1S/C16H23N3O3/c1-2-7-22-10-11-5-6-19(9-11)16(21)13-8-17-14(12-3-4-12)18-15(13)20/h8,11-12H,2-7,9-10H2,1H3,(H,17,18,20)/t11-/m0/s1. The van der Waals surface area contributed by atoms with Crippen LogP contribution in [-0.4, -0.2) is 47.1 Å². The Bertz CT molecular complexity index is 595. The quantitative estimate of drug-likeness (QED) is 0.809. The topological polar surface area (TPSA) is 75.3 Å². The van der Waals surface area contributed by atoms with E-state index in [0.717, 1.165) is 32.3 Å². The minimum absolute atomic E-state index is 0.152. The Morgan fingerprint density at radius 2 is 2.27 bits per heavy atom. The molecule has 1 aromatic heterocycles. The van der Waals surface area contributed by atoms with Crippen molar-refractivity contribution in [3.05, 3.63) is 27.9 Å². The highest BCUT2D eigenvalue weighted by Crippen LogP contribution is 2.37. The number of nitrogens with zero attached hydrogens (tertiary/aromatic N) is 2. The maximum Gasteiger partial charge on any atom is 0.263 e. The van der Waals surface area contributed by atoms with Crippen molar-refractivity contribution in [2.24, 2.45) is 5.92 Å². The molecule has 6 nitrogen and oxygen atoms in total. The van der Waals surface area contributed by atoms with Gasteiger partial charge in [0.1, 0.15) is 11.4 Å². The van der Waals surface area contributed by atoms with Crippen LogP contribution in [0.1, 0.15) is 54.7 Å². The van der Waals surface area contributed by atoms with Crippen LogP contribution in [-0.2, 0) is 4.74 Å². The predicted octanol–water partition coefficient (Wildman–Crippen LogP) is 1.54. The summed E-state index contributed by atoms with van der Waals surface area (Å²) in [5.74, 6) is 1.25. The van der Waals surface area contributed by atoms with E-state index in [2.05, 4.69) is 16.9 Å². The number of likely N-dealkylation sites (tertiary alicyclic amines) is 1. The summed E-state index contributed by atoms with van der Waals surface area (Å²) in [6, 6.07) is 0. The van der Waals surface area contributed by atoms with E-state index >= 15 is 0 Å². The van der Waals surface area contributed by atoms with Crippen LogP contribution < -0.4 is 5.56 Å². The van der Waals surface area contributed by atoms with Crippen LogP contribution in [0.5, 0.6) is 0 Å². The number of carbonyl (C=O) groups is 1. The summed E-state index contributed by atoms with van der Waals surface area (Å²) >= 11 is 0. The van der Waals surface area contributed by atoms with E-state index < -0.39 is 0 Å². The normalized spacial score (nSPS) is 21.3. The molecule has 0 radical (unpaired) electrons. The van der Waals surface area contributed by atoms with Crippen molar-refractivity contribution < 1.29 is 9.53 Å². The lowest BCUT2D eigenvalue weighted by Gasteiger charge is -2.16. The molecular weight excluding hydrogens is 282 g/mol. The van der Waals surface area contributed by atoms with Gasteiger partial charge in [-0.2, -0.15) is 0 Å². The molecule has 2 heterocycles. The molecule has 6 heteroatoms. The fraction of sp³-hybridized carbons (Fsp3) is 0.688. The first-order chi connectivity index (χ1) is 10.7. The van der Waals surface area contributed by atoms with Crippen LogP contribution in [0.3, 0.4) is 0 Å². The molecule has 0 unspecified atom stereocenters. The summed E-state index contributed by atoms with van der Waals surface area (Å²) in [5.41, 5.74) is -0.160. The Kier molecular flexibility index (Phi) is 4.57. The molecule has 0 bridgehead atoms. The minimum atomic E-state index is -0.312. The summed E-state index contributed by atoms with van der Waals surface area (Å²) in [4.78, 5) is 33.3. The maximum atomic E-state index is 12.5. The number of carbonyl (C=O) groups excluding carboxylic acids is 1. The largest absolute Gasteiger partial charge is 0.381 e. The molecule has 1 aromatic rings. The van der Waals surface area contributed by atoms with E-state index in [1.807, 2.05) is 0 Å². The van der Waals surface area contributed by atoms with Crippen molar-refractivity contribution in [1.29, 1.82) is 0 Å². The number of aromatic amines is 1. The number of amides is 1. The molecule has 0 aromatic carbocycles. The fourth-order valence-electron chi connectivity index (χ4n) is 2.84. The Morgan fingerprint density at radius 3 is 2.95 bits per heavy atom. The number of rotatable bonds is 6. The molecule has 1 amide bonds. The van der Waals surface area contributed by atoms with Crippen molar-refractivity contribution in [3.63, 3.8) is 0 Å². The van der Waals surface area contributed by atoms with Gasteiger partial charge in [0.15, 0.2) is 0 Å². The van der Waals surface area contributed by atoms with Gasteiger partial charge < -0.3 is 14.6 Å². The van der Waals surface area contributed by atoms with Crippen molar-refractivity contribution in [3.8, 4) is 0 Å². The molecular formula is C16H23N3O3. The Labute approximate surface area is 129 Å². The minimum Gasteiger partial charge on any atom is -0.381 e. The smallest absolute Gasteiger partial charge is 0.263 e. The van der Waals surface area contributed by atoms with Crippen LogP contribution in [0, 0.1) is 5.92 Å². The highest BCUT2D eigenvalue weighted by Gasteiger charge is 2.30. The van der Waals surface area contributed by atoms with Gasteiger partial charge in [0.05, 0.1) is 6.61 Å². The monoisotopic (exact) mass is 305 g/mol. The van der Waals surface area contributed by atoms with Crippen molar-refractivity contribution in [1.82, 2.24) is 14.9 Å². The summed E-state index contributed by atoms with van der Waals surface area (Å²) < 4.78 is 5.56. The molecule has 1 N–H and O–H groups in total. The second kappa shape index (κ2) is 6.60. The highest BCUT2D eigenvalue weighted by molar-refractivity contribution is 5.93. The average Bonchev–Trinajstić information content (AvgIpc) is 3.26. The Hall–Kier alpha value is -1.69. The molecule has 1 aliphatic carbocycles. The maximum absolute atomic E-state index is 12.5. The van der Waals surface area contributed by atoms with Crippen LogP contribution in [0.4, 0.5) is 0 Å². The summed E-state index contributed by atoms with van der Waals surface area (Å²) in [6.07, 6.45) is 5.52. The van der Waals surface area contributed by atoms with E-state index in [1.54, 1.807) is 4.90 Å². The van der Waals surface area contributed by atoms with Crippen molar-refractivity contribution in [2.45, 2.75) is 38.5 Å². The first kappa shape index (κ1) is 15.2.